The standard InChI is InChI=1S/C17H22FN3O2.HI/c1-13(23-16-6-3-5-14(18)11-16)12-21-17(19-2)20-9-8-15-7-4-10-22-15;/h3-7,10-11,13H,8-9,12H2,1-2H3,(H2,19,20,21);1H. The molecule has 7 heteroatoms. The number of benzene rings is 1. The van der Waals surface area contributed by atoms with Crippen molar-refractivity contribution >= 4 is 29.9 Å². The summed E-state index contributed by atoms with van der Waals surface area (Å²) in [7, 11) is 1.71. The number of ether oxygens (including phenoxy) is 1. The van der Waals surface area contributed by atoms with Crippen LogP contribution in [0, 0.1) is 5.82 Å². The second kappa shape index (κ2) is 10.9. The third kappa shape index (κ3) is 7.20. The van der Waals surface area contributed by atoms with Gasteiger partial charge < -0.3 is 19.8 Å². The topological polar surface area (TPSA) is 58.8 Å². The van der Waals surface area contributed by atoms with E-state index in [1.807, 2.05) is 19.1 Å². The van der Waals surface area contributed by atoms with E-state index in [-0.39, 0.29) is 35.9 Å². The predicted molar refractivity (Wildman–Crippen MR) is 104 cm³/mol. The molecule has 1 aromatic carbocycles. The lowest BCUT2D eigenvalue weighted by molar-refractivity contribution is 0.223. The number of halogens is 2. The molecule has 1 heterocycles. The highest BCUT2D eigenvalue weighted by atomic mass is 127. The lowest BCUT2D eigenvalue weighted by atomic mass is 10.3. The van der Waals surface area contributed by atoms with Crippen LogP contribution in [0.2, 0.25) is 0 Å². The van der Waals surface area contributed by atoms with Gasteiger partial charge in [-0.25, -0.2) is 4.39 Å². The van der Waals surface area contributed by atoms with E-state index < -0.39 is 0 Å². The molecule has 0 amide bonds. The fourth-order valence-electron chi connectivity index (χ4n) is 2.03. The van der Waals surface area contributed by atoms with Crippen molar-refractivity contribution in [3.63, 3.8) is 0 Å². The molecule has 0 bridgehead atoms. The van der Waals surface area contributed by atoms with E-state index in [0.717, 1.165) is 12.2 Å². The lowest BCUT2D eigenvalue weighted by Gasteiger charge is -2.17. The number of nitrogens with one attached hydrogen (secondary N) is 2. The van der Waals surface area contributed by atoms with Crippen molar-refractivity contribution in [1.29, 1.82) is 0 Å². The Labute approximate surface area is 158 Å². The Bertz CT molecular complexity index is 620. The molecule has 0 spiro atoms. The first-order chi connectivity index (χ1) is 11.2. The Morgan fingerprint density at radius 3 is 2.79 bits per heavy atom. The molecule has 1 atom stereocenters. The van der Waals surface area contributed by atoms with Crippen LogP contribution in [0.25, 0.3) is 0 Å². The molecular weight excluding hydrogens is 424 g/mol. The molecule has 0 saturated carbocycles. The summed E-state index contributed by atoms with van der Waals surface area (Å²) in [6, 6.07) is 9.92. The molecular formula is C17H23FIN3O2. The van der Waals surface area contributed by atoms with Crippen molar-refractivity contribution < 1.29 is 13.5 Å². The molecule has 0 aliphatic rings. The average molecular weight is 447 g/mol. The normalized spacial score (nSPS) is 12.2. The smallest absolute Gasteiger partial charge is 0.191 e. The molecule has 0 radical (unpaired) electrons. The molecule has 2 rings (SSSR count). The molecule has 1 aromatic heterocycles. The summed E-state index contributed by atoms with van der Waals surface area (Å²) in [6.07, 6.45) is 2.32. The number of guanidine groups is 1. The lowest BCUT2D eigenvalue weighted by Crippen LogP contribution is -2.42. The molecule has 0 saturated heterocycles. The molecule has 132 valence electrons. The molecule has 0 aliphatic carbocycles. The molecule has 0 fully saturated rings. The molecule has 24 heavy (non-hydrogen) atoms. The number of furan rings is 1. The molecule has 5 nitrogen and oxygen atoms in total. The van der Waals surface area contributed by atoms with Crippen molar-refractivity contribution in [2.45, 2.75) is 19.4 Å². The summed E-state index contributed by atoms with van der Waals surface area (Å²) in [5, 5.41) is 6.37. The van der Waals surface area contributed by atoms with Gasteiger partial charge in [0, 0.05) is 26.1 Å². The number of rotatable bonds is 7. The van der Waals surface area contributed by atoms with E-state index in [1.54, 1.807) is 25.4 Å². The second-order valence-electron chi connectivity index (χ2n) is 5.10. The summed E-state index contributed by atoms with van der Waals surface area (Å²) in [5.41, 5.74) is 0. The summed E-state index contributed by atoms with van der Waals surface area (Å²) in [6.45, 7) is 3.18. The van der Waals surface area contributed by atoms with Crippen molar-refractivity contribution in [3.05, 3.63) is 54.2 Å². The van der Waals surface area contributed by atoms with E-state index in [0.29, 0.717) is 24.8 Å². The first kappa shape index (κ1) is 20.3. The Balaban J connectivity index is 0.00000288. The van der Waals surface area contributed by atoms with Crippen LogP contribution in [0.5, 0.6) is 5.75 Å². The fourth-order valence-corrected chi connectivity index (χ4v) is 2.03. The first-order valence-electron chi connectivity index (χ1n) is 7.56. The van der Waals surface area contributed by atoms with Gasteiger partial charge in [0.05, 0.1) is 12.8 Å². The van der Waals surface area contributed by atoms with Gasteiger partial charge in [0.1, 0.15) is 23.4 Å². The third-order valence-electron chi connectivity index (χ3n) is 3.16. The highest BCUT2D eigenvalue weighted by Gasteiger charge is 2.06. The molecule has 1 unspecified atom stereocenters. The van der Waals surface area contributed by atoms with Gasteiger partial charge in [-0.1, -0.05) is 6.07 Å². The summed E-state index contributed by atoms with van der Waals surface area (Å²) >= 11 is 0. The van der Waals surface area contributed by atoms with Gasteiger partial charge in [0.2, 0.25) is 0 Å². The predicted octanol–water partition coefficient (Wildman–Crippen LogP) is 3.21. The minimum Gasteiger partial charge on any atom is -0.489 e. The van der Waals surface area contributed by atoms with Gasteiger partial charge in [-0.2, -0.15) is 0 Å². The highest BCUT2D eigenvalue weighted by molar-refractivity contribution is 14.0. The van der Waals surface area contributed by atoms with E-state index in [9.17, 15) is 4.39 Å². The number of nitrogens with zero attached hydrogens (tertiary/aromatic N) is 1. The van der Waals surface area contributed by atoms with Crippen LogP contribution < -0.4 is 15.4 Å². The molecule has 2 aromatic rings. The zero-order valence-electron chi connectivity index (χ0n) is 13.8. The minimum atomic E-state index is -0.307. The van der Waals surface area contributed by atoms with Crippen molar-refractivity contribution in [1.82, 2.24) is 10.6 Å². The van der Waals surface area contributed by atoms with Crippen molar-refractivity contribution in [2.24, 2.45) is 4.99 Å². The van der Waals surface area contributed by atoms with Gasteiger partial charge >= 0.3 is 0 Å². The Morgan fingerprint density at radius 2 is 2.12 bits per heavy atom. The zero-order chi connectivity index (χ0) is 16.5. The van der Waals surface area contributed by atoms with E-state index in [1.165, 1.54) is 12.1 Å². The van der Waals surface area contributed by atoms with Crippen LogP contribution in [-0.4, -0.2) is 32.2 Å². The van der Waals surface area contributed by atoms with Gasteiger partial charge in [-0.05, 0) is 31.2 Å². The second-order valence-corrected chi connectivity index (χ2v) is 5.10. The third-order valence-corrected chi connectivity index (χ3v) is 3.16. The van der Waals surface area contributed by atoms with Gasteiger partial charge in [-0.15, -0.1) is 24.0 Å². The van der Waals surface area contributed by atoms with Crippen LogP contribution in [0.3, 0.4) is 0 Å². The largest absolute Gasteiger partial charge is 0.489 e. The van der Waals surface area contributed by atoms with Crippen LogP contribution in [0.15, 0.2) is 52.1 Å². The van der Waals surface area contributed by atoms with E-state index in [2.05, 4.69) is 15.6 Å². The van der Waals surface area contributed by atoms with Crippen LogP contribution in [0.4, 0.5) is 4.39 Å². The minimum absolute atomic E-state index is 0. The Hall–Kier alpha value is -1.77. The maximum Gasteiger partial charge on any atom is 0.191 e. The number of hydrogen-bond donors (Lipinski definition) is 2. The van der Waals surface area contributed by atoms with Crippen molar-refractivity contribution in [3.8, 4) is 5.75 Å². The summed E-state index contributed by atoms with van der Waals surface area (Å²) in [4.78, 5) is 4.15. The van der Waals surface area contributed by atoms with E-state index >= 15 is 0 Å². The molecule has 0 aliphatic heterocycles. The number of aliphatic imine (C=N–C) groups is 1. The van der Waals surface area contributed by atoms with Gasteiger partial charge in [-0.3, -0.25) is 4.99 Å². The Kier molecular flexibility index (Phi) is 9.21. The van der Waals surface area contributed by atoms with Crippen LogP contribution >= 0.6 is 24.0 Å². The Morgan fingerprint density at radius 1 is 1.29 bits per heavy atom. The zero-order valence-corrected chi connectivity index (χ0v) is 16.1. The quantitative estimate of drug-likeness (QED) is 0.389. The maximum absolute atomic E-state index is 13.1. The first-order valence-corrected chi connectivity index (χ1v) is 7.56. The highest BCUT2D eigenvalue weighted by Crippen LogP contribution is 2.13. The van der Waals surface area contributed by atoms with Gasteiger partial charge in [0.25, 0.3) is 0 Å². The molecule has 2 N–H and O–H groups in total. The summed E-state index contributed by atoms with van der Waals surface area (Å²) in [5.74, 6) is 1.82. The summed E-state index contributed by atoms with van der Waals surface area (Å²) < 4.78 is 24.0. The van der Waals surface area contributed by atoms with Crippen molar-refractivity contribution in [2.75, 3.05) is 20.1 Å². The van der Waals surface area contributed by atoms with Crippen LogP contribution in [-0.2, 0) is 6.42 Å². The SMILES string of the molecule is CN=C(NCCc1ccco1)NCC(C)Oc1cccc(F)c1.I. The maximum atomic E-state index is 13.1. The number of hydrogen-bond acceptors (Lipinski definition) is 3. The van der Waals surface area contributed by atoms with Crippen LogP contribution in [0.1, 0.15) is 12.7 Å². The monoisotopic (exact) mass is 447 g/mol. The fraction of sp³-hybridized carbons (Fsp3) is 0.353. The van der Waals surface area contributed by atoms with E-state index in [4.69, 9.17) is 9.15 Å². The van der Waals surface area contributed by atoms with Gasteiger partial charge in [0.15, 0.2) is 5.96 Å². The average Bonchev–Trinajstić information content (AvgIpc) is 3.04.